The van der Waals surface area contributed by atoms with Crippen molar-refractivity contribution in [3.63, 3.8) is 0 Å². The number of aliphatic hydroxyl groups excluding tert-OH is 1. The van der Waals surface area contributed by atoms with E-state index in [1.807, 2.05) is 12.1 Å². The van der Waals surface area contributed by atoms with E-state index in [0.717, 1.165) is 74.0 Å². The van der Waals surface area contributed by atoms with Gasteiger partial charge >= 0.3 is 17.9 Å². The Kier molecular flexibility index (Phi) is 5.53. The van der Waals surface area contributed by atoms with Gasteiger partial charge in [-0.1, -0.05) is 6.07 Å². The third-order valence-corrected chi connectivity index (χ3v) is 11.5. The van der Waals surface area contributed by atoms with Gasteiger partial charge < -0.3 is 20.1 Å². The first-order chi connectivity index (χ1) is 18.1. The lowest BCUT2D eigenvalue weighted by Gasteiger charge is -2.58. The molecule has 204 valence electrons. The molecule has 1 unspecified atom stereocenters. The molecular weight excluding hydrogens is 484 g/mol. The molecule has 1 aromatic rings. The van der Waals surface area contributed by atoms with E-state index in [9.17, 15) is 24.6 Å². The first kappa shape index (κ1) is 24.6. The third kappa shape index (κ3) is 3.90. The number of hydrogen-bond acceptors (Lipinski definition) is 5. The Morgan fingerprint density at radius 2 is 1.03 bits per heavy atom. The molecule has 8 aliphatic rings. The maximum atomic E-state index is 13.5. The van der Waals surface area contributed by atoms with Crippen LogP contribution in [0.5, 0.6) is 0 Å². The number of esters is 1. The number of rotatable bonds is 7. The summed E-state index contributed by atoms with van der Waals surface area (Å²) >= 11 is 0. The molecule has 8 aliphatic carbocycles. The molecule has 8 fully saturated rings. The van der Waals surface area contributed by atoms with Crippen molar-refractivity contribution >= 4 is 17.9 Å². The van der Waals surface area contributed by atoms with Crippen molar-refractivity contribution in [2.75, 3.05) is 0 Å². The maximum absolute atomic E-state index is 13.5. The predicted octanol–water partition coefficient (Wildman–Crippen LogP) is 4.68. The van der Waals surface area contributed by atoms with Gasteiger partial charge in [-0.05, 0) is 147 Å². The lowest BCUT2D eigenvalue weighted by Crippen LogP contribution is -2.50. The molecule has 0 aromatic heterocycles. The quantitative estimate of drug-likeness (QED) is 0.445. The van der Waals surface area contributed by atoms with Gasteiger partial charge in [-0.2, -0.15) is 0 Å². The standard InChI is InChI=1S/C31H38O7/c32-25(27(33)34)26(28(35)36)38-29(37)22-7-23(30-10-16-1-17(11-30)3-18(2-16)12-30)9-24(8-22)31-13-19-4-20(14-31)6-21(5-19)15-31/h7-9,16-21,25-26,32H,1-6,10-15H2,(H,33,34)(H,35,36)/t16?,17?,18?,19?,20?,21?,25-,26?,30?,31?/m0/s1. The Labute approximate surface area is 223 Å². The van der Waals surface area contributed by atoms with Gasteiger partial charge in [0.25, 0.3) is 0 Å². The van der Waals surface area contributed by atoms with Crippen LogP contribution in [0.2, 0.25) is 0 Å². The Morgan fingerprint density at radius 3 is 1.34 bits per heavy atom. The van der Waals surface area contributed by atoms with E-state index in [2.05, 4.69) is 6.07 Å². The van der Waals surface area contributed by atoms with Crippen LogP contribution in [0.25, 0.3) is 0 Å². The molecule has 8 saturated carbocycles. The smallest absolute Gasteiger partial charge is 0.348 e. The van der Waals surface area contributed by atoms with Gasteiger partial charge in [0.1, 0.15) is 0 Å². The number of carbonyl (C=O) groups excluding carboxylic acids is 1. The zero-order valence-electron chi connectivity index (χ0n) is 21.8. The summed E-state index contributed by atoms with van der Waals surface area (Å²) in [7, 11) is 0. The number of benzene rings is 1. The fourth-order valence-corrected chi connectivity index (χ4v) is 10.8. The van der Waals surface area contributed by atoms with Crippen molar-refractivity contribution in [3.05, 3.63) is 34.9 Å². The molecule has 0 aliphatic heterocycles. The lowest BCUT2D eigenvalue weighted by atomic mass is 9.46. The van der Waals surface area contributed by atoms with Crippen LogP contribution in [0.4, 0.5) is 0 Å². The molecule has 1 aromatic carbocycles. The Hall–Kier alpha value is -2.41. The normalized spacial score (nSPS) is 41.6. The van der Waals surface area contributed by atoms with Crippen LogP contribution >= 0.6 is 0 Å². The molecule has 8 bridgehead atoms. The topological polar surface area (TPSA) is 121 Å². The summed E-state index contributed by atoms with van der Waals surface area (Å²) in [6, 6.07) is 6.22. The minimum atomic E-state index is -2.33. The summed E-state index contributed by atoms with van der Waals surface area (Å²) in [6.07, 6.45) is 10.3. The van der Waals surface area contributed by atoms with Crippen molar-refractivity contribution < 1.29 is 34.4 Å². The molecule has 0 radical (unpaired) electrons. The Bertz CT molecular complexity index is 1050. The molecule has 9 rings (SSSR count). The van der Waals surface area contributed by atoms with Gasteiger partial charge in [0.2, 0.25) is 6.10 Å². The lowest BCUT2D eigenvalue weighted by molar-refractivity contribution is -0.166. The van der Waals surface area contributed by atoms with Crippen molar-refractivity contribution in [1.29, 1.82) is 0 Å². The molecule has 3 N–H and O–H groups in total. The van der Waals surface area contributed by atoms with E-state index in [0.29, 0.717) is 5.56 Å². The second-order valence-electron chi connectivity index (χ2n) is 14.1. The Balaban J connectivity index is 1.29. The summed E-state index contributed by atoms with van der Waals surface area (Å²) < 4.78 is 5.20. The molecule has 2 atom stereocenters. The van der Waals surface area contributed by atoms with Crippen molar-refractivity contribution in [1.82, 2.24) is 0 Å². The van der Waals surface area contributed by atoms with E-state index in [1.165, 1.54) is 49.7 Å². The van der Waals surface area contributed by atoms with Gasteiger partial charge in [0, 0.05) is 0 Å². The summed E-state index contributed by atoms with van der Waals surface area (Å²) in [4.78, 5) is 36.4. The number of carbonyl (C=O) groups is 3. The monoisotopic (exact) mass is 522 g/mol. The number of ether oxygens (including phenoxy) is 1. The highest BCUT2D eigenvalue weighted by Crippen LogP contribution is 2.63. The summed E-state index contributed by atoms with van der Waals surface area (Å²) in [5, 5.41) is 28.6. The zero-order chi connectivity index (χ0) is 26.4. The first-order valence-electron chi connectivity index (χ1n) is 14.6. The third-order valence-electron chi connectivity index (χ3n) is 11.5. The summed E-state index contributed by atoms with van der Waals surface area (Å²) in [6.45, 7) is 0. The maximum Gasteiger partial charge on any atom is 0.348 e. The van der Waals surface area contributed by atoms with Gasteiger partial charge in [-0.3, -0.25) is 0 Å². The van der Waals surface area contributed by atoms with Crippen molar-refractivity contribution in [2.24, 2.45) is 35.5 Å². The van der Waals surface area contributed by atoms with E-state index < -0.39 is 30.1 Å². The average molecular weight is 523 g/mol. The van der Waals surface area contributed by atoms with Crippen molar-refractivity contribution in [3.8, 4) is 0 Å². The van der Waals surface area contributed by atoms with Crippen LogP contribution in [0, 0.1) is 35.5 Å². The van der Waals surface area contributed by atoms with Crippen LogP contribution in [0.15, 0.2) is 18.2 Å². The number of aliphatic carboxylic acids is 2. The van der Waals surface area contributed by atoms with E-state index in [4.69, 9.17) is 9.84 Å². The molecule has 0 spiro atoms. The predicted molar refractivity (Wildman–Crippen MR) is 137 cm³/mol. The summed E-state index contributed by atoms with van der Waals surface area (Å²) in [5.41, 5.74) is 2.79. The molecular formula is C31H38O7. The SMILES string of the molecule is O=C(OC(C(=O)O)[C@H](O)C(=O)O)c1cc(C23CC4CC(CC(C4)C2)C3)cc(C23CC4CC(CC(C4)C2)C3)c1. The zero-order valence-corrected chi connectivity index (χ0v) is 21.8. The highest BCUT2D eigenvalue weighted by Gasteiger charge is 2.54. The second-order valence-corrected chi connectivity index (χ2v) is 14.1. The highest BCUT2D eigenvalue weighted by molar-refractivity contribution is 5.93. The highest BCUT2D eigenvalue weighted by atomic mass is 16.6. The summed E-state index contributed by atoms with van der Waals surface area (Å²) in [5.74, 6) is 0.153. The molecule has 0 saturated heterocycles. The van der Waals surface area contributed by atoms with Crippen LogP contribution in [0.1, 0.15) is 98.5 Å². The van der Waals surface area contributed by atoms with Crippen molar-refractivity contribution in [2.45, 2.75) is 100 Å². The largest absolute Gasteiger partial charge is 0.479 e. The number of carboxylic acids is 2. The molecule has 0 heterocycles. The van der Waals surface area contributed by atoms with Gasteiger partial charge in [0.15, 0.2) is 6.10 Å². The number of aliphatic hydroxyl groups is 1. The Morgan fingerprint density at radius 1 is 0.658 bits per heavy atom. The van der Waals surface area contributed by atoms with Gasteiger partial charge in [-0.25, -0.2) is 14.4 Å². The number of hydrogen-bond donors (Lipinski definition) is 3. The first-order valence-corrected chi connectivity index (χ1v) is 14.6. The van der Waals surface area contributed by atoms with Crippen LogP contribution in [-0.4, -0.2) is 45.4 Å². The fourth-order valence-electron chi connectivity index (χ4n) is 10.8. The number of carboxylic acid groups (broad SMARTS) is 2. The molecule has 0 amide bonds. The minimum Gasteiger partial charge on any atom is -0.479 e. The van der Waals surface area contributed by atoms with Crippen LogP contribution < -0.4 is 0 Å². The van der Waals surface area contributed by atoms with Gasteiger partial charge in [0.05, 0.1) is 5.56 Å². The fraction of sp³-hybridized carbons (Fsp3) is 0.710. The minimum absolute atomic E-state index is 0.0505. The van der Waals surface area contributed by atoms with E-state index >= 15 is 0 Å². The van der Waals surface area contributed by atoms with Crippen LogP contribution in [-0.2, 0) is 25.2 Å². The second kappa shape index (κ2) is 8.54. The molecule has 7 heteroatoms. The van der Waals surface area contributed by atoms with Crippen LogP contribution in [0.3, 0.4) is 0 Å². The van der Waals surface area contributed by atoms with E-state index in [-0.39, 0.29) is 10.8 Å². The van der Waals surface area contributed by atoms with E-state index in [1.54, 1.807) is 0 Å². The molecule has 38 heavy (non-hydrogen) atoms. The molecule has 7 nitrogen and oxygen atoms in total. The average Bonchev–Trinajstić information content (AvgIpc) is 2.84. The van der Waals surface area contributed by atoms with Gasteiger partial charge in [-0.15, -0.1) is 0 Å².